The maximum absolute atomic E-state index is 11.8. The average Bonchev–Trinajstić information content (AvgIpc) is 2.60. The Hall–Kier alpha value is -1.92. The molecule has 0 N–H and O–H groups in total. The number of hydrogen-bond donors (Lipinski definition) is 0. The fourth-order valence-electron chi connectivity index (χ4n) is 2.02. The molecule has 0 heterocycles. The molecule has 0 bridgehead atoms. The van der Waals surface area contributed by atoms with Gasteiger partial charge in [-0.2, -0.15) is 0 Å². The zero-order chi connectivity index (χ0) is 17.6. The zero-order valence-corrected chi connectivity index (χ0v) is 14.4. The van der Waals surface area contributed by atoms with Gasteiger partial charge in [0.1, 0.15) is 6.61 Å². The molecule has 1 aromatic carbocycles. The number of esters is 2. The molecule has 0 spiro atoms. The first-order valence-corrected chi connectivity index (χ1v) is 8.14. The summed E-state index contributed by atoms with van der Waals surface area (Å²) < 4.78 is 20.5. The van der Waals surface area contributed by atoms with Gasteiger partial charge in [0.2, 0.25) is 0 Å². The molecule has 0 aliphatic rings. The number of benzene rings is 1. The monoisotopic (exact) mass is 338 g/mol. The average molecular weight is 338 g/mol. The zero-order valence-electron chi connectivity index (χ0n) is 14.4. The molecule has 0 aliphatic heterocycles. The van der Waals surface area contributed by atoms with Crippen molar-refractivity contribution in [2.75, 3.05) is 26.9 Å². The first-order valence-electron chi connectivity index (χ1n) is 8.14. The van der Waals surface area contributed by atoms with Gasteiger partial charge in [-0.05, 0) is 25.3 Å². The molecule has 6 heteroatoms. The van der Waals surface area contributed by atoms with Crippen molar-refractivity contribution in [2.24, 2.45) is 0 Å². The lowest BCUT2D eigenvalue weighted by atomic mass is 10.1. The van der Waals surface area contributed by atoms with Gasteiger partial charge in [-0.3, -0.25) is 4.79 Å². The number of hydrogen-bond acceptors (Lipinski definition) is 6. The number of ether oxygens (including phenoxy) is 4. The van der Waals surface area contributed by atoms with Crippen molar-refractivity contribution in [1.29, 1.82) is 0 Å². The van der Waals surface area contributed by atoms with Gasteiger partial charge >= 0.3 is 11.9 Å². The van der Waals surface area contributed by atoms with E-state index in [4.69, 9.17) is 18.9 Å². The smallest absolute Gasteiger partial charge is 0.335 e. The lowest BCUT2D eigenvalue weighted by Gasteiger charge is -2.16. The maximum Gasteiger partial charge on any atom is 0.335 e. The molecular weight excluding hydrogens is 312 g/mol. The molecule has 1 atom stereocenters. The highest BCUT2D eigenvalue weighted by Gasteiger charge is 2.20. The van der Waals surface area contributed by atoms with E-state index < -0.39 is 12.1 Å². The van der Waals surface area contributed by atoms with E-state index in [1.807, 2.05) is 30.3 Å². The molecule has 1 unspecified atom stereocenters. The van der Waals surface area contributed by atoms with Crippen molar-refractivity contribution >= 4 is 11.9 Å². The molecule has 0 saturated carbocycles. The number of methoxy groups -OCH3 is 1. The van der Waals surface area contributed by atoms with E-state index in [2.05, 4.69) is 0 Å². The van der Waals surface area contributed by atoms with Gasteiger partial charge in [-0.1, -0.05) is 30.3 Å². The van der Waals surface area contributed by atoms with Gasteiger partial charge in [0.05, 0.1) is 19.8 Å². The second-order valence-electron chi connectivity index (χ2n) is 5.14. The van der Waals surface area contributed by atoms with Crippen molar-refractivity contribution in [2.45, 2.75) is 38.9 Å². The molecular formula is C18H26O6. The van der Waals surface area contributed by atoms with E-state index >= 15 is 0 Å². The van der Waals surface area contributed by atoms with E-state index in [1.54, 1.807) is 14.0 Å². The molecule has 0 radical (unpaired) electrons. The van der Waals surface area contributed by atoms with E-state index in [-0.39, 0.29) is 19.0 Å². The minimum Gasteiger partial charge on any atom is -0.464 e. The minimum atomic E-state index is -0.679. The van der Waals surface area contributed by atoms with Crippen LogP contribution in [0.1, 0.15) is 31.7 Å². The van der Waals surface area contributed by atoms with Crippen LogP contribution < -0.4 is 0 Å². The van der Waals surface area contributed by atoms with Crippen LogP contribution in [0.4, 0.5) is 0 Å². The van der Waals surface area contributed by atoms with Crippen molar-refractivity contribution in [3.8, 4) is 0 Å². The normalized spacial score (nSPS) is 11.8. The fourth-order valence-corrected chi connectivity index (χ4v) is 2.02. The Bertz CT molecular complexity index is 474. The fraction of sp³-hybridized carbons (Fsp3) is 0.556. The Morgan fingerprint density at radius 2 is 1.83 bits per heavy atom. The number of rotatable bonds is 12. The highest BCUT2D eigenvalue weighted by molar-refractivity contribution is 5.75. The standard InChI is InChI=1S/C18H26O6/c1-3-22-18(20)16(23-13-12-21-2)10-7-11-17(19)24-14-15-8-5-4-6-9-15/h4-6,8-9,16H,3,7,10-14H2,1-2H3. The Labute approximate surface area is 143 Å². The highest BCUT2D eigenvalue weighted by atomic mass is 16.6. The second-order valence-corrected chi connectivity index (χ2v) is 5.14. The quantitative estimate of drug-likeness (QED) is 0.431. The summed E-state index contributed by atoms with van der Waals surface area (Å²) in [6.45, 7) is 2.99. The van der Waals surface area contributed by atoms with Crippen LogP contribution in [-0.2, 0) is 35.1 Å². The molecule has 24 heavy (non-hydrogen) atoms. The molecule has 6 nitrogen and oxygen atoms in total. The molecule has 0 aromatic heterocycles. The van der Waals surface area contributed by atoms with Crippen LogP contribution in [0.3, 0.4) is 0 Å². The van der Waals surface area contributed by atoms with E-state index in [0.717, 1.165) is 5.56 Å². The van der Waals surface area contributed by atoms with Gasteiger partial charge in [-0.15, -0.1) is 0 Å². The predicted octanol–water partition coefficient (Wildman–Crippen LogP) is 2.49. The summed E-state index contributed by atoms with van der Waals surface area (Å²) in [6, 6.07) is 9.49. The van der Waals surface area contributed by atoms with Crippen LogP contribution in [0.2, 0.25) is 0 Å². The predicted molar refractivity (Wildman–Crippen MR) is 88.3 cm³/mol. The third-order valence-corrected chi connectivity index (χ3v) is 3.25. The Morgan fingerprint density at radius 1 is 1.08 bits per heavy atom. The molecule has 1 aromatic rings. The van der Waals surface area contributed by atoms with Gasteiger partial charge in [-0.25, -0.2) is 4.79 Å². The third kappa shape index (κ3) is 8.64. The van der Waals surface area contributed by atoms with Gasteiger partial charge < -0.3 is 18.9 Å². The molecule has 0 saturated heterocycles. The molecule has 134 valence electrons. The maximum atomic E-state index is 11.8. The summed E-state index contributed by atoms with van der Waals surface area (Å²) in [4.78, 5) is 23.6. The van der Waals surface area contributed by atoms with E-state index in [9.17, 15) is 9.59 Å². The molecule has 0 fully saturated rings. The largest absolute Gasteiger partial charge is 0.464 e. The van der Waals surface area contributed by atoms with Gasteiger partial charge in [0.15, 0.2) is 6.10 Å². The SMILES string of the molecule is CCOC(=O)C(CCCC(=O)OCc1ccccc1)OCCOC. The Kier molecular flexibility index (Phi) is 10.5. The van der Waals surface area contributed by atoms with Crippen LogP contribution in [0.5, 0.6) is 0 Å². The van der Waals surface area contributed by atoms with E-state index in [1.165, 1.54) is 0 Å². The first kappa shape index (κ1) is 20.1. The van der Waals surface area contributed by atoms with Crippen LogP contribution >= 0.6 is 0 Å². The lowest BCUT2D eigenvalue weighted by Crippen LogP contribution is -2.28. The Morgan fingerprint density at radius 3 is 2.50 bits per heavy atom. The summed E-state index contributed by atoms with van der Waals surface area (Å²) >= 11 is 0. The van der Waals surface area contributed by atoms with Gasteiger partial charge in [0, 0.05) is 13.5 Å². The van der Waals surface area contributed by atoms with Gasteiger partial charge in [0.25, 0.3) is 0 Å². The third-order valence-electron chi connectivity index (χ3n) is 3.25. The van der Waals surface area contributed by atoms with Crippen molar-refractivity contribution in [1.82, 2.24) is 0 Å². The van der Waals surface area contributed by atoms with Crippen LogP contribution in [-0.4, -0.2) is 45.0 Å². The van der Waals surface area contributed by atoms with E-state index in [0.29, 0.717) is 32.7 Å². The van der Waals surface area contributed by atoms with Crippen LogP contribution in [0.15, 0.2) is 30.3 Å². The number of carbonyl (C=O) groups excluding carboxylic acids is 2. The topological polar surface area (TPSA) is 71.1 Å². The minimum absolute atomic E-state index is 0.233. The summed E-state index contributed by atoms with van der Waals surface area (Å²) in [5.41, 5.74) is 0.943. The highest BCUT2D eigenvalue weighted by Crippen LogP contribution is 2.09. The van der Waals surface area contributed by atoms with Crippen molar-refractivity contribution in [3.05, 3.63) is 35.9 Å². The Balaban J connectivity index is 2.29. The van der Waals surface area contributed by atoms with Crippen LogP contribution in [0.25, 0.3) is 0 Å². The summed E-state index contributed by atoms with van der Waals surface area (Å²) in [5.74, 6) is -0.704. The van der Waals surface area contributed by atoms with Crippen molar-refractivity contribution in [3.63, 3.8) is 0 Å². The molecule has 0 amide bonds. The first-order chi connectivity index (χ1) is 11.7. The molecule has 0 aliphatic carbocycles. The number of carbonyl (C=O) groups is 2. The lowest BCUT2D eigenvalue weighted by molar-refractivity contribution is -0.158. The summed E-state index contributed by atoms with van der Waals surface area (Å²) in [7, 11) is 1.56. The van der Waals surface area contributed by atoms with Crippen molar-refractivity contribution < 1.29 is 28.5 Å². The molecule has 1 rings (SSSR count). The second kappa shape index (κ2) is 12.5. The summed E-state index contributed by atoms with van der Waals surface area (Å²) in [5, 5.41) is 0. The summed E-state index contributed by atoms with van der Waals surface area (Å²) in [6.07, 6.45) is 0.450. The van der Waals surface area contributed by atoms with Crippen LogP contribution in [0, 0.1) is 0 Å².